The van der Waals surface area contributed by atoms with E-state index in [9.17, 15) is 9.59 Å². The third-order valence-electron chi connectivity index (χ3n) is 2.91. The summed E-state index contributed by atoms with van der Waals surface area (Å²) in [6, 6.07) is -0.354. The molecule has 0 radical (unpaired) electrons. The lowest BCUT2D eigenvalue weighted by molar-refractivity contribution is -0.141. The normalized spacial score (nSPS) is 25.3. The standard InChI is InChI=1S/C11H20N2O4/c1-7(6-17-2)12-11(16)13-9-4-3-8(5-9)10(14)15/h7-9H,3-6H2,1-2H3,(H,14,15)(H2,12,13,16). The quantitative estimate of drug-likeness (QED) is 0.660. The number of hydrogen-bond donors (Lipinski definition) is 3. The lowest BCUT2D eigenvalue weighted by Crippen LogP contribution is -2.46. The molecule has 6 heteroatoms. The molecular formula is C11H20N2O4. The fourth-order valence-electron chi connectivity index (χ4n) is 2.08. The third-order valence-corrected chi connectivity index (χ3v) is 2.91. The Morgan fingerprint density at radius 2 is 2.18 bits per heavy atom. The van der Waals surface area contributed by atoms with Gasteiger partial charge in [0.1, 0.15) is 0 Å². The summed E-state index contributed by atoms with van der Waals surface area (Å²) < 4.78 is 4.90. The summed E-state index contributed by atoms with van der Waals surface area (Å²) >= 11 is 0. The molecular weight excluding hydrogens is 224 g/mol. The van der Waals surface area contributed by atoms with E-state index in [1.807, 2.05) is 6.92 Å². The number of nitrogens with one attached hydrogen (secondary N) is 2. The molecule has 17 heavy (non-hydrogen) atoms. The Bertz CT molecular complexity index is 283. The summed E-state index contributed by atoms with van der Waals surface area (Å²) in [5.41, 5.74) is 0. The van der Waals surface area contributed by atoms with E-state index in [1.54, 1.807) is 7.11 Å². The van der Waals surface area contributed by atoms with Crippen molar-refractivity contribution in [3.05, 3.63) is 0 Å². The first-order chi connectivity index (χ1) is 8.02. The number of carboxylic acids is 1. The van der Waals surface area contributed by atoms with Crippen LogP contribution in [0, 0.1) is 5.92 Å². The molecule has 1 aliphatic rings. The number of urea groups is 1. The highest BCUT2D eigenvalue weighted by Gasteiger charge is 2.30. The SMILES string of the molecule is COCC(C)NC(=O)NC1CCC(C(=O)O)C1. The Kier molecular flexibility index (Phi) is 5.21. The van der Waals surface area contributed by atoms with E-state index >= 15 is 0 Å². The molecule has 3 N–H and O–H groups in total. The molecule has 6 nitrogen and oxygen atoms in total. The van der Waals surface area contributed by atoms with Crippen molar-refractivity contribution >= 4 is 12.0 Å². The van der Waals surface area contributed by atoms with E-state index in [0.717, 1.165) is 6.42 Å². The van der Waals surface area contributed by atoms with Crippen LogP contribution >= 0.6 is 0 Å². The highest BCUT2D eigenvalue weighted by molar-refractivity contribution is 5.75. The maximum atomic E-state index is 11.5. The molecule has 1 aliphatic carbocycles. The molecule has 1 saturated carbocycles. The van der Waals surface area contributed by atoms with Crippen molar-refractivity contribution in [1.29, 1.82) is 0 Å². The molecule has 0 aliphatic heterocycles. The van der Waals surface area contributed by atoms with Gasteiger partial charge in [-0.1, -0.05) is 0 Å². The minimum absolute atomic E-state index is 0.0363. The zero-order valence-electron chi connectivity index (χ0n) is 10.2. The van der Waals surface area contributed by atoms with Crippen LogP contribution < -0.4 is 10.6 Å². The zero-order chi connectivity index (χ0) is 12.8. The lowest BCUT2D eigenvalue weighted by atomic mass is 10.1. The first kappa shape index (κ1) is 13.8. The lowest BCUT2D eigenvalue weighted by Gasteiger charge is -2.17. The van der Waals surface area contributed by atoms with Crippen molar-refractivity contribution in [2.45, 2.75) is 38.3 Å². The largest absolute Gasteiger partial charge is 0.481 e. The Hall–Kier alpha value is -1.30. The second-order valence-electron chi connectivity index (χ2n) is 4.52. The second kappa shape index (κ2) is 6.44. The van der Waals surface area contributed by atoms with E-state index in [1.165, 1.54) is 0 Å². The molecule has 0 spiro atoms. The predicted molar refractivity (Wildman–Crippen MR) is 61.8 cm³/mol. The van der Waals surface area contributed by atoms with Crippen LogP contribution in [-0.2, 0) is 9.53 Å². The zero-order valence-corrected chi connectivity index (χ0v) is 10.2. The van der Waals surface area contributed by atoms with Gasteiger partial charge in [0.15, 0.2) is 0 Å². The van der Waals surface area contributed by atoms with E-state index in [4.69, 9.17) is 9.84 Å². The molecule has 0 aromatic rings. The highest BCUT2D eigenvalue weighted by Crippen LogP contribution is 2.25. The van der Waals surface area contributed by atoms with Crippen molar-refractivity contribution in [3.63, 3.8) is 0 Å². The first-order valence-electron chi connectivity index (χ1n) is 5.81. The molecule has 1 fully saturated rings. The van der Waals surface area contributed by atoms with Gasteiger partial charge in [-0.3, -0.25) is 4.79 Å². The Morgan fingerprint density at radius 1 is 1.47 bits per heavy atom. The maximum absolute atomic E-state index is 11.5. The van der Waals surface area contributed by atoms with Gasteiger partial charge in [-0.15, -0.1) is 0 Å². The number of amides is 2. The van der Waals surface area contributed by atoms with Crippen molar-refractivity contribution in [2.75, 3.05) is 13.7 Å². The van der Waals surface area contributed by atoms with Crippen LogP contribution in [0.1, 0.15) is 26.2 Å². The molecule has 0 saturated heterocycles. The summed E-state index contributed by atoms with van der Waals surface area (Å²) in [5.74, 6) is -1.10. The summed E-state index contributed by atoms with van der Waals surface area (Å²) in [5, 5.41) is 14.3. The number of carbonyl (C=O) groups is 2. The van der Waals surface area contributed by atoms with Crippen LogP contribution in [0.15, 0.2) is 0 Å². The van der Waals surface area contributed by atoms with Gasteiger partial charge in [0.2, 0.25) is 0 Å². The molecule has 0 heterocycles. The van der Waals surface area contributed by atoms with E-state index in [2.05, 4.69) is 10.6 Å². The molecule has 2 amide bonds. The first-order valence-corrected chi connectivity index (χ1v) is 5.81. The van der Waals surface area contributed by atoms with Gasteiger partial charge in [-0.25, -0.2) is 4.79 Å². The minimum Gasteiger partial charge on any atom is -0.481 e. The van der Waals surface area contributed by atoms with Crippen LogP contribution in [-0.4, -0.2) is 42.9 Å². The van der Waals surface area contributed by atoms with Crippen LogP contribution in [0.5, 0.6) is 0 Å². The van der Waals surface area contributed by atoms with Crippen LogP contribution in [0.3, 0.4) is 0 Å². The summed E-state index contributed by atoms with van der Waals surface area (Å²) in [7, 11) is 1.57. The predicted octanol–water partition coefficient (Wildman–Crippen LogP) is 0.574. The monoisotopic (exact) mass is 244 g/mol. The smallest absolute Gasteiger partial charge is 0.315 e. The van der Waals surface area contributed by atoms with Gasteiger partial charge in [0, 0.05) is 13.2 Å². The number of aliphatic carboxylic acids is 1. The maximum Gasteiger partial charge on any atom is 0.315 e. The van der Waals surface area contributed by atoms with Gasteiger partial charge in [0.25, 0.3) is 0 Å². The van der Waals surface area contributed by atoms with Crippen LogP contribution in [0.25, 0.3) is 0 Å². The number of carbonyl (C=O) groups excluding carboxylic acids is 1. The van der Waals surface area contributed by atoms with Crippen LogP contribution in [0.2, 0.25) is 0 Å². The van der Waals surface area contributed by atoms with Gasteiger partial charge in [-0.05, 0) is 26.2 Å². The van der Waals surface area contributed by atoms with Crippen molar-refractivity contribution in [3.8, 4) is 0 Å². The Morgan fingerprint density at radius 3 is 2.71 bits per heavy atom. The number of ether oxygens (including phenoxy) is 1. The fourth-order valence-corrected chi connectivity index (χ4v) is 2.08. The van der Waals surface area contributed by atoms with E-state index in [-0.39, 0.29) is 24.0 Å². The molecule has 98 valence electrons. The molecule has 3 atom stereocenters. The minimum atomic E-state index is -0.776. The van der Waals surface area contributed by atoms with Gasteiger partial charge in [-0.2, -0.15) is 0 Å². The van der Waals surface area contributed by atoms with E-state index in [0.29, 0.717) is 19.4 Å². The average molecular weight is 244 g/mol. The summed E-state index contributed by atoms with van der Waals surface area (Å²) in [6.45, 7) is 2.30. The number of carboxylic acid groups (broad SMARTS) is 1. The number of methoxy groups -OCH3 is 1. The van der Waals surface area contributed by atoms with Gasteiger partial charge < -0.3 is 20.5 Å². The molecule has 3 unspecified atom stereocenters. The number of rotatable bonds is 5. The van der Waals surface area contributed by atoms with Gasteiger partial charge in [0.05, 0.1) is 18.6 Å². The molecule has 1 rings (SSSR count). The Labute approximate surface area is 101 Å². The second-order valence-corrected chi connectivity index (χ2v) is 4.52. The summed E-state index contributed by atoms with van der Waals surface area (Å²) in [6.07, 6.45) is 1.87. The topological polar surface area (TPSA) is 87.7 Å². The Balaban J connectivity index is 2.26. The summed E-state index contributed by atoms with van der Waals surface area (Å²) in [4.78, 5) is 22.3. The fraction of sp³-hybridized carbons (Fsp3) is 0.818. The average Bonchev–Trinajstić information content (AvgIpc) is 2.66. The van der Waals surface area contributed by atoms with Crippen molar-refractivity contribution in [2.24, 2.45) is 5.92 Å². The van der Waals surface area contributed by atoms with Crippen molar-refractivity contribution in [1.82, 2.24) is 10.6 Å². The van der Waals surface area contributed by atoms with Crippen LogP contribution in [0.4, 0.5) is 4.79 Å². The number of hydrogen-bond acceptors (Lipinski definition) is 3. The highest BCUT2D eigenvalue weighted by atomic mass is 16.5. The van der Waals surface area contributed by atoms with Gasteiger partial charge >= 0.3 is 12.0 Å². The molecule has 0 aromatic heterocycles. The van der Waals surface area contributed by atoms with E-state index < -0.39 is 5.97 Å². The third kappa shape index (κ3) is 4.60. The van der Waals surface area contributed by atoms with Crippen molar-refractivity contribution < 1.29 is 19.4 Å². The molecule has 0 aromatic carbocycles. The molecule has 0 bridgehead atoms.